The Bertz CT molecular complexity index is 266. The minimum Gasteiger partial charge on any atom is -0.308 e. The van der Waals surface area contributed by atoms with Crippen molar-refractivity contribution >= 4 is 11.8 Å². The van der Waals surface area contributed by atoms with Gasteiger partial charge in [-0.2, -0.15) is 0 Å². The lowest BCUT2D eigenvalue weighted by Gasteiger charge is -2.12. The van der Waals surface area contributed by atoms with Crippen LogP contribution in [0.2, 0.25) is 0 Å². The summed E-state index contributed by atoms with van der Waals surface area (Å²) in [5.74, 6) is 0. The first kappa shape index (κ1) is 5.35. The summed E-state index contributed by atoms with van der Waals surface area (Å²) >= 11 is 0. The number of hydrazine groups is 1. The fourth-order valence-electron chi connectivity index (χ4n) is 0.942. The van der Waals surface area contributed by atoms with E-state index in [1.165, 1.54) is 5.56 Å². The maximum atomic E-state index is 3.06. The number of para-hydroxylation sites is 1. The van der Waals surface area contributed by atoms with Crippen LogP contribution in [-0.2, 0) is 0 Å². The van der Waals surface area contributed by atoms with Gasteiger partial charge in [0.2, 0.25) is 0 Å². The summed E-state index contributed by atoms with van der Waals surface area (Å²) in [6, 6.07) is 8.95. The van der Waals surface area contributed by atoms with Gasteiger partial charge in [-0.3, -0.25) is 0 Å². The van der Waals surface area contributed by atoms with Crippen molar-refractivity contribution in [1.82, 2.24) is 5.43 Å². The highest BCUT2D eigenvalue weighted by Gasteiger charge is 1.98. The van der Waals surface area contributed by atoms with Crippen molar-refractivity contribution in [2.45, 2.75) is 0 Å². The predicted molar refractivity (Wildman–Crippen MR) is 41.1 cm³/mol. The van der Waals surface area contributed by atoms with Gasteiger partial charge >= 0.3 is 0 Å². The zero-order chi connectivity index (χ0) is 6.81. The van der Waals surface area contributed by atoms with Crippen LogP contribution >= 0.6 is 0 Å². The minimum atomic E-state index is 1.00. The molecule has 49 valence electrons. The average molecular weight is 131 g/mol. The lowest BCUT2D eigenvalue weighted by atomic mass is 10.1. The van der Waals surface area contributed by atoms with Gasteiger partial charge in [0.25, 0.3) is 0 Å². The minimum absolute atomic E-state index is 1.00. The number of rotatable bonds is 0. The number of fused-ring (bicyclic) bond motifs is 1. The Morgan fingerprint density at radius 3 is 3.30 bits per heavy atom. The molecule has 2 rings (SSSR count). The first-order chi connectivity index (χ1) is 4.97. The van der Waals surface area contributed by atoms with E-state index in [1.807, 2.05) is 30.5 Å². The lowest BCUT2D eigenvalue weighted by Crippen LogP contribution is -2.17. The Morgan fingerprint density at radius 2 is 2.40 bits per heavy atom. The highest BCUT2D eigenvalue weighted by molar-refractivity contribution is 5.67. The van der Waals surface area contributed by atoms with Crippen molar-refractivity contribution in [3.63, 3.8) is 0 Å². The summed E-state index contributed by atoms with van der Waals surface area (Å²) in [5, 5.41) is 0. The van der Waals surface area contributed by atoms with Gasteiger partial charge in [0.1, 0.15) is 0 Å². The van der Waals surface area contributed by atoms with E-state index in [2.05, 4.69) is 16.9 Å². The third-order valence-corrected chi connectivity index (χ3v) is 1.43. The maximum absolute atomic E-state index is 3.06. The van der Waals surface area contributed by atoms with Crippen LogP contribution in [0.5, 0.6) is 0 Å². The van der Waals surface area contributed by atoms with Gasteiger partial charge in [-0.1, -0.05) is 18.2 Å². The molecule has 1 radical (unpaired) electrons. The van der Waals surface area contributed by atoms with E-state index in [9.17, 15) is 0 Å². The van der Waals surface area contributed by atoms with Crippen molar-refractivity contribution in [1.29, 1.82) is 0 Å². The van der Waals surface area contributed by atoms with E-state index >= 15 is 0 Å². The number of hydrogen-bond acceptors (Lipinski definition) is 2. The Kier molecular flexibility index (Phi) is 1.10. The summed E-state index contributed by atoms with van der Waals surface area (Å²) in [7, 11) is 0. The number of benzene rings is 1. The zero-order valence-corrected chi connectivity index (χ0v) is 5.39. The molecule has 0 atom stereocenters. The van der Waals surface area contributed by atoms with Crippen molar-refractivity contribution < 1.29 is 0 Å². The molecule has 1 heterocycles. The molecule has 1 aromatic rings. The van der Waals surface area contributed by atoms with E-state index in [-0.39, 0.29) is 0 Å². The Balaban J connectivity index is 2.54. The second-order valence-corrected chi connectivity index (χ2v) is 2.10. The van der Waals surface area contributed by atoms with Gasteiger partial charge in [-0.15, -0.1) is 0 Å². The second kappa shape index (κ2) is 2.06. The molecule has 0 fully saturated rings. The molecule has 1 aromatic carbocycles. The molecular formula is C8H7N2. The maximum Gasteiger partial charge on any atom is 0.0691 e. The van der Waals surface area contributed by atoms with Gasteiger partial charge < -0.3 is 10.9 Å². The molecule has 1 aliphatic heterocycles. The van der Waals surface area contributed by atoms with Crippen molar-refractivity contribution in [3.8, 4) is 0 Å². The predicted octanol–water partition coefficient (Wildman–Crippen LogP) is 1.39. The zero-order valence-electron chi connectivity index (χ0n) is 5.39. The van der Waals surface area contributed by atoms with Gasteiger partial charge in [-0.05, 0) is 6.08 Å². The van der Waals surface area contributed by atoms with Crippen LogP contribution in [0.1, 0.15) is 5.56 Å². The molecule has 0 saturated carbocycles. The highest BCUT2D eigenvalue weighted by atomic mass is 15.3. The Labute approximate surface area is 59.5 Å². The lowest BCUT2D eigenvalue weighted by molar-refractivity contribution is 1.05. The third kappa shape index (κ3) is 0.739. The van der Waals surface area contributed by atoms with Gasteiger partial charge in [-0.25, -0.2) is 0 Å². The van der Waals surface area contributed by atoms with E-state index < -0.39 is 0 Å². The largest absolute Gasteiger partial charge is 0.308 e. The Morgan fingerprint density at radius 1 is 1.40 bits per heavy atom. The Hall–Kier alpha value is -1.44. The molecule has 2 N–H and O–H groups in total. The van der Waals surface area contributed by atoms with Crippen LogP contribution in [0.4, 0.5) is 5.69 Å². The number of hydrogen-bond donors (Lipinski definition) is 2. The smallest absolute Gasteiger partial charge is 0.0691 e. The standard InChI is InChI=1S/C8H7N2/c1-2-4-8-7(3-1)5-6-9-10-8/h1-3,5-6,9-10H. The van der Waals surface area contributed by atoms with E-state index in [0.29, 0.717) is 0 Å². The third-order valence-electron chi connectivity index (χ3n) is 1.43. The normalized spacial score (nSPS) is 13.2. The summed E-state index contributed by atoms with van der Waals surface area (Å²) in [6.07, 6.45) is 3.86. The molecule has 0 bridgehead atoms. The molecule has 0 unspecified atom stereocenters. The SMILES string of the molecule is [c]1cccc2c1NNC=C2. The summed E-state index contributed by atoms with van der Waals surface area (Å²) in [5.41, 5.74) is 8.02. The molecule has 0 saturated heterocycles. The number of anilines is 1. The first-order valence-electron chi connectivity index (χ1n) is 3.15. The molecular weight excluding hydrogens is 124 g/mol. The van der Waals surface area contributed by atoms with E-state index in [0.717, 1.165) is 5.69 Å². The molecule has 1 aliphatic rings. The first-order valence-corrected chi connectivity index (χ1v) is 3.15. The second-order valence-electron chi connectivity index (χ2n) is 2.10. The topological polar surface area (TPSA) is 24.1 Å². The summed E-state index contributed by atoms with van der Waals surface area (Å²) in [6.45, 7) is 0. The van der Waals surface area contributed by atoms with Crippen molar-refractivity contribution in [3.05, 3.63) is 36.0 Å². The van der Waals surface area contributed by atoms with Gasteiger partial charge in [0.15, 0.2) is 0 Å². The quantitative estimate of drug-likeness (QED) is 0.556. The fourth-order valence-corrected chi connectivity index (χ4v) is 0.942. The summed E-state index contributed by atoms with van der Waals surface area (Å²) < 4.78 is 0. The van der Waals surface area contributed by atoms with Crippen LogP contribution in [0.3, 0.4) is 0 Å². The van der Waals surface area contributed by atoms with Crippen LogP contribution < -0.4 is 10.9 Å². The molecule has 0 aromatic heterocycles. The van der Waals surface area contributed by atoms with Gasteiger partial charge in [0, 0.05) is 17.8 Å². The van der Waals surface area contributed by atoms with Crippen LogP contribution in [0, 0.1) is 6.07 Å². The summed E-state index contributed by atoms with van der Waals surface area (Å²) in [4.78, 5) is 0. The van der Waals surface area contributed by atoms with Crippen molar-refractivity contribution in [2.75, 3.05) is 5.43 Å². The molecule has 10 heavy (non-hydrogen) atoms. The molecule has 2 nitrogen and oxygen atoms in total. The monoisotopic (exact) mass is 131 g/mol. The number of nitrogens with one attached hydrogen (secondary N) is 2. The van der Waals surface area contributed by atoms with Crippen molar-refractivity contribution in [2.24, 2.45) is 0 Å². The average Bonchev–Trinajstić information content (AvgIpc) is 2.05. The highest BCUT2D eigenvalue weighted by Crippen LogP contribution is 2.16. The van der Waals surface area contributed by atoms with Gasteiger partial charge in [0.05, 0.1) is 5.69 Å². The van der Waals surface area contributed by atoms with Crippen LogP contribution in [0.15, 0.2) is 24.4 Å². The van der Waals surface area contributed by atoms with E-state index in [4.69, 9.17) is 0 Å². The fraction of sp³-hybridized carbons (Fsp3) is 0. The molecule has 0 spiro atoms. The van der Waals surface area contributed by atoms with Crippen LogP contribution in [0.25, 0.3) is 6.08 Å². The molecule has 2 heteroatoms. The molecule has 0 amide bonds. The van der Waals surface area contributed by atoms with Crippen LogP contribution in [-0.4, -0.2) is 0 Å². The molecule has 0 aliphatic carbocycles. The van der Waals surface area contributed by atoms with E-state index in [1.54, 1.807) is 0 Å².